The molecule has 0 amide bonds. The first kappa shape index (κ1) is 13.7. The maximum absolute atomic E-state index is 10.4. The molecule has 0 fully saturated rings. The number of hydrogen-bond acceptors (Lipinski definition) is 3. The topological polar surface area (TPSA) is 53.2 Å². The highest BCUT2D eigenvalue weighted by atomic mass is 16.5. The fraction of sp³-hybridized carbons (Fsp3) is 0.278. The van der Waals surface area contributed by atoms with E-state index in [9.17, 15) is 5.11 Å². The largest absolute Gasteiger partial charge is 0.493 e. The van der Waals surface area contributed by atoms with Crippen LogP contribution in [0.5, 0.6) is 5.75 Å². The third-order valence-corrected chi connectivity index (χ3v) is 4.02. The van der Waals surface area contributed by atoms with Crippen LogP contribution in [0.1, 0.15) is 41.6 Å². The van der Waals surface area contributed by atoms with Crippen LogP contribution in [0.2, 0.25) is 0 Å². The molecule has 2 unspecified atom stereocenters. The van der Waals surface area contributed by atoms with Gasteiger partial charge in [0.15, 0.2) is 0 Å². The van der Waals surface area contributed by atoms with Crippen molar-refractivity contribution in [3.05, 3.63) is 65.2 Å². The Morgan fingerprint density at radius 3 is 2.71 bits per heavy atom. The fourth-order valence-corrected chi connectivity index (χ4v) is 2.85. The number of nitriles is 1. The van der Waals surface area contributed by atoms with Gasteiger partial charge in [-0.3, -0.25) is 0 Å². The molecule has 0 saturated carbocycles. The van der Waals surface area contributed by atoms with E-state index in [1.165, 1.54) is 5.56 Å². The molecule has 3 nitrogen and oxygen atoms in total. The van der Waals surface area contributed by atoms with E-state index in [0.717, 1.165) is 17.7 Å². The van der Waals surface area contributed by atoms with Crippen molar-refractivity contribution in [3.63, 3.8) is 0 Å². The van der Waals surface area contributed by atoms with E-state index in [0.29, 0.717) is 24.5 Å². The van der Waals surface area contributed by atoms with E-state index < -0.39 is 6.10 Å². The van der Waals surface area contributed by atoms with Gasteiger partial charge in [-0.25, -0.2) is 0 Å². The minimum Gasteiger partial charge on any atom is -0.493 e. The Bertz CT molecular complexity index is 658. The zero-order valence-corrected chi connectivity index (χ0v) is 11.7. The van der Waals surface area contributed by atoms with Crippen LogP contribution in [0.25, 0.3) is 0 Å². The van der Waals surface area contributed by atoms with Crippen molar-refractivity contribution >= 4 is 0 Å². The van der Waals surface area contributed by atoms with Crippen LogP contribution in [-0.4, -0.2) is 11.7 Å². The number of rotatable bonds is 3. The second-order valence-electron chi connectivity index (χ2n) is 5.36. The van der Waals surface area contributed by atoms with E-state index in [1.807, 2.05) is 30.3 Å². The molecule has 0 radical (unpaired) electrons. The zero-order valence-electron chi connectivity index (χ0n) is 11.7. The molecular formula is C18H17NO2. The van der Waals surface area contributed by atoms with Gasteiger partial charge in [0.2, 0.25) is 0 Å². The molecular weight excluding hydrogens is 262 g/mol. The number of hydrogen-bond donors (Lipinski definition) is 1. The average Bonchev–Trinajstić information content (AvgIpc) is 2.55. The Morgan fingerprint density at radius 1 is 1.19 bits per heavy atom. The molecule has 0 saturated heterocycles. The number of ether oxygens (including phenoxy) is 1. The third kappa shape index (κ3) is 2.91. The molecule has 0 aliphatic carbocycles. The molecule has 106 valence electrons. The molecule has 1 heterocycles. The van der Waals surface area contributed by atoms with Gasteiger partial charge in [-0.2, -0.15) is 5.26 Å². The normalized spacial score (nSPS) is 18.2. The number of fused-ring (bicyclic) bond motifs is 1. The maximum Gasteiger partial charge on any atom is 0.122 e. The fourth-order valence-electron chi connectivity index (χ4n) is 2.85. The lowest BCUT2D eigenvalue weighted by Gasteiger charge is -2.27. The van der Waals surface area contributed by atoms with Crippen molar-refractivity contribution in [2.75, 3.05) is 6.61 Å². The van der Waals surface area contributed by atoms with Gasteiger partial charge < -0.3 is 9.84 Å². The van der Waals surface area contributed by atoms with E-state index in [2.05, 4.69) is 12.1 Å². The van der Waals surface area contributed by atoms with Gasteiger partial charge in [-0.15, -0.1) is 0 Å². The molecule has 0 bridgehead atoms. The van der Waals surface area contributed by atoms with Gasteiger partial charge in [-0.1, -0.05) is 30.3 Å². The summed E-state index contributed by atoms with van der Waals surface area (Å²) in [7, 11) is 0. The summed E-state index contributed by atoms with van der Waals surface area (Å²) in [6, 6.07) is 17.3. The second-order valence-corrected chi connectivity index (χ2v) is 5.36. The van der Waals surface area contributed by atoms with Crippen LogP contribution in [0.15, 0.2) is 48.5 Å². The third-order valence-electron chi connectivity index (χ3n) is 4.02. The smallest absolute Gasteiger partial charge is 0.122 e. The number of aliphatic hydroxyl groups is 1. The van der Waals surface area contributed by atoms with E-state index in [4.69, 9.17) is 10.00 Å². The zero-order chi connectivity index (χ0) is 14.7. The minimum atomic E-state index is -0.520. The van der Waals surface area contributed by atoms with Gasteiger partial charge in [0.05, 0.1) is 24.3 Å². The summed E-state index contributed by atoms with van der Waals surface area (Å²) in [6.45, 7) is 0.696. The van der Waals surface area contributed by atoms with Crippen molar-refractivity contribution < 1.29 is 9.84 Å². The van der Waals surface area contributed by atoms with E-state index >= 15 is 0 Å². The second kappa shape index (κ2) is 5.99. The van der Waals surface area contributed by atoms with Gasteiger partial charge in [0.1, 0.15) is 5.75 Å². The molecule has 3 rings (SSSR count). The van der Waals surface area contributed by atoms with E-state index in [1.54, 1.807) is 12.1 Å². The Morgan fingerprint density at radius 2 is 1.95 bits per heavy atom. The van der Waals surface area contributed by atoms with Crippen LogP contribution in [0, 0.1) is 11.3 Å². The number of benzene rings is 2. The molecule has 3 heteroatoms. The summed E-state index contributed by atoms with van der Waals surface area (Å²) in [5.74, 6) is 1.24. The molecule has 1 aliphatic rings. The molecule has 1 aliphatic heterocycles. The highest BCUT2D eigenvalue weighted by Crippen LogP contribution is 2.38. The summed E-state index contributed by atoms with van der Waals surface area (Å²) < 4.78 is 5.65. The Hall–Kier alpha value is -2.31. The summed E-state index contributed by atoms with van der Waals surface area (Å²) in [6.07, 6.45) is 1.07. The first-order chi connectivity index (χ1) is 10.3. The lowest BCUT2D eigenvalue weighted by Crippen LogP contribution is -2.16. The lowest BCUT2D eigenvalue weighted by atomic mass is 9.86. The summed E-state index contributed by atoms with van der Waals surface area (Å²) in [5.41, 5.74) is 2.65. The molecule has 0 spiro atoms. The Kier molecular flexibility index (Phi) is 3.89. The molecule has 21 heavy (non-hydrogen) atoms. The minimum absolute atomic E-state index is 0.306. The van der Waals surface area contributed by atoms with Crippen LogP contribution in [0.3, 0.4) is 0 Å². The van der Waals surface area contributed by atoms with Gasteiger partial charge in [0, 0.05) is 0 Å². The maximum atomic E-state index is 10.4. The molecule has 2 aromatic carbocycles. The first-order valence-electron chi connectivity index (χ1n) is 7.18. The van der Waals surface area contributed by atoms with Crippen molar-refractivity contribution in [1.82, 2.24) is 0 Å². The highest BCUT2D eigenvalue weighted by Gasteiger charge is 2.24. The van der Waals surface area contributed by atoms with Crippen LogP contribution in [0.4, 0.5) is 0 Å². The van der Waals surface area contributed by atoms with Crippen molar-refractivity contribution in [2.45, 2.75) is 24.9 Å². The highest BCUT2D eigenvalue weighted by molar-refractivity contribution is 5.38. The van der Waals surface area contributed by atoms with E-state index in [-0.39, 0.29) is 0 Å². The average molecular weight is 279 g/mol. The monoisotopic (exact) mass is 279 g/mol. The summed E-state index contributed by atoms with van der Waals surface area (Å²) in [4.78, 5) is 0. The van der Waals surface area contributed by atoms with Crippen molar-refractivity contribution in [2.24, 2.45) is 0 Å². The van der Waals surface area contributed by atoms with Crippen LogP contribution >= 0.6 is 0 Å². The Balaban J connectivity index is 1.76. The number of para-hydroxylation sites is 1. The summed E-state index contributed by atoms with van der Waals surface area (Å²) >= 11 is 0. The predicted molar refractivity (Wildman–Crippen MR) is 80.0 cm³/mol. The van der Waals surface area contributed by atoms with Crippen LogP contribution in [-0.2, 0) is 0 Å². The molecule has 0 aromatic heterocycles. The van der Waals surface area contributed by atoms with Gasteiger partial charge in [0.25, 0.3) is 0 Å². The molecule has 2 aromatic rings. The predicted octanol–water partition coefficient (Wildman–Crippen LogP) is 3.55. The lowest BCUT2D eigenvalue weighted by molar-refractivity contribution is 0.145. The first-order valence-corrected chi connectivity index (χ1v) is 7.18. The summed E-state index contributed by atoms with van der Waals surface area (Å²) in [5, 5.41) is 19.2. The van der Waals surface area contributed by atoms with Crippen LogP contribution < -0.4 is 4.74 Å². The molecule has 1 N–H and O–H groups in total. The van der Waals surface area contributed by atoms with Crippen molar-refractivity contribution in [3.8, 4) is 11.8 Å². The SMILES string of the molecule is N#Cc1ccc(C(O)CC2CCOc3ccccc32)cc1. The van der Waals surface area contributed by atoms with Crippen molar-refractivity contribution in [1.29, 1.82) is 5.26 Å². The standard InChI is InChI=1S/C18H17NO2/c19-12-13-5-7-14(8-6-13)17(20)11-15-9-10-21-18-4-2-1-3-16(15)18/h1-8,15,17,20H,9-11H2. The van der Waals surface area contributed by atoms with Gasteiger partial charge >= 0.3 is 0 Å². The quantitative estimate of drug-likeness (QED) is 0.934. The molecule has 2 atom stereocenters. The Labute approximate surface area is 124 Å². The number of aliphatic hydroxyl groups excluding tert-OH is 1. The number of nitrogens with zero attached hydrogens (tertiary/aromatic N) is 1. The van der Waals surface area contributed by atoms with Gasteiger partial charge in [-0.05, 0) is 48.1 Å².